The minimum atomic E-state index is 0.150. The Balaban J connectivity index is 2.12. The number of piperidine rings is 1. The maximum atomic E-state index is 11.6. The van der Waals surface area contributed by atoms with Crippen LogP contribution in [0.5, 0.6) is 0 Å². The highest BCUT2D eigenvalue weighted by Crippen LogP contribution is 2.19. The van der Waals surface area contributed by atoms with Crippen LogP contribution in [0.25, 0.3) is 0 Å². The molecular formula is C14H28N2O2. The molecule has 1 aliphatic heterocycles. The predicted molar refractivity (Wildman–Crippen MR) is 73.5 cm³/mol. The van der Waals surface area contributed by atoms with Crippen LogP contribution in [0.2, 0.25) is 0 Å². The van der Waals surface area contributed by atoms with Gasteiger partial charge in [0.25, 0.3) is 0 Å². The summed E-state index contributed by atoms with van der Waals surface area (Å²) in [5.74, 6) is 0.861. The molecule has 1 saturated heterocycles. The van der Waals surface area contributed by atoms with E-state index in [9.17, 15) is 4.79 Å². The summed E-state index contributed by atoms with van der Waals surface area (Å²) >= 11 is 0. The predicted octanol–water partition coefficient (Wildman–Crippen LogP) is 1.70. The second-order valence-corrected chi connectivity index (χ2v) is 4.98. The summed E-state index contributed by atoms with van der Waals surface area (Å²) in [5.41, 5.74) is 0. The Bertz CT molecular complexity index is 234. The van der Waals surface area contributed by atoms with E-state index in [1.165, 1.54) is 19.3 Å². The van der Waals surface area contributed by atoms with Crippen LogP contribution in [0, 0.1) is 5.92 Å². The van der Waals surface area contributed by atoms with E-state index in [2.05, 4.69) is 17.6 Å². The maximum Gasteiger partial charge on any atom is 0.220 e. The molecule has 0 aromatic carbocycles. The van der Waals surface area contributed by atoms with Crippen molar-refractivity contribution in [3.63, 3.8) is 0 Å². The molecule has 1 amide bonds. The van der Waals surface area contributed by atoms with Gasteiger partial charge in [0.15, 0.2) is 0 Å². The summed E-state index contributed by atoms with van der Waals surface area (Å²) in [5, 5.41) is 6.55. The topological polar surface area (TPSA) is 50.4 Å². The number of nitrogens with one attached hydrogen (secondary N) is 2. The zero-order valence-electron chi connectivity index (χ0n) is 11.8. The molecule has 1 heterocycles. The molecule has 18 heavy (non-hydrogen) atoms. The standard InChI is InChI=1S/C14H28N2O2/c1-3-12-7-5-9-15-13(12)11-16-14(17)8-6-10-18-4-2/h12-13,15H,3-11H2,1-2H3,(H,16,17). The lowest BCUT2D eigenvalue weighted by Crippen LogP contribution is -2.48. The third-order valence-corrected chi connectivity index (χ3v) is 3.67. The van der Waals surface area contributed by atoms with Gasteiger partial charge in [-0.3, -0.25) is 4.79 Å². The van der Waals surface area contributed by atoms with Crippen LogP contribution in [0.15, 0.2) is 0 Å². The van der Waals surface area contributed by atoms with Gasteiger partial charge in [0.2, 0.25) is 5.91 Å². The van der Waals surface area contributed by atoms with E-state index >= 15 is 0 Å². The molecule has 2 N–H and O–H groups in total. The molecular weight excluding hydrogens is 228 g/mol. The fourth-order valence-corrected chi connectivity index (χ4v) is 2.54. The Morgan fingerprint density at radius 2 is 2.28 bits per heavy atom. The number of ether oxygens (including phenoxy) is 1. The second-order valence-electron chi connectivity index (χ2n) is 4.98. The van der Waals surface area contributed by atoms with Crippen molar-refractivity contribution in [2.45, 2.75) is 52.0 Å². The average Bonchev–Trinajstić information content (AvgIpc) is 2.41. The monoisotopic (exact) mass is 256 g/mol. The van der Waals surface area contributed by atoms with Crippen LogP contribution in [-0.2, 0) is 9.53 Å². The smallest absolute Gasteiger partial charge is 0.220 e. The second kappa shape index (κ2) is 9.34. The maximum absolute atomic E-state index is 11.6. The molecule has 0 aromatic rings. The Kier molecular flexibility index (Phi) is 8.01. The molecule has 106 valence electrons. The molecule has 0 saturated carbocycles. The fourth-order valence-electron chi connectivity index (χ4n) is 2.54. The zero-order valence-corrected chi connectivity index (χ0v) is 11.8. The molecule has 4 nitrogen and oxygen atoms in total. The first-order chi connectivity index (χ1) is 8.77. The molecule has 0 bridgehead atoms. The highest BCUT2D eigenvalue weighted by atomic mass is 16.5. The van der Waals surface area contributed by atoms with E-state index in [1.807, 2.05) is 6.92 Å². The van der Waals surface area contributed by atoms with Gasteiger partial charge in [0, 0.05) is 32.2 Å². The lowest BCUT2D eigenvalue weighted by atomic mass is 9.88. The van der Waals surface area contributed by atoms with E-state index in [-0.39, 0.29) is 5.91 Å². The van der Waals surface area contributed by atoms with Crippen molar-refractivity contribution in [2.75, 3.05) is 26.3 Å². The molecule has 0 spiro atoms. The van der Waals surface area contributed by atoms with E-state index in [0.29, 0.717) is 25.0 Å². The molecule has 4 heteroatoms. The molecule has 2 atom stereocenters. The van der Waals surface area contributed by atoms with Gasteiger partial charge in [0.05, 0.1) is 0 Å². The molecule has 2 unspecified atom stereocenters. The van der Waals surface area contributed by atoms with Crippen molar-refractivity contribution in [3.05, 3.63) is 0 Å². The molecule has 1 fully saturated rings. The average molecular weight is 256 g/mol. The first kappa shape index (κ1) is 15.4. The highest BCUT2D eigenvalue weighted by Gasteiger charge is 2.23. The summed E-state index contributed by atoms with van der Waals surface area (Å²) in [6.07, 6.45) is 5.13. The number of rotatable bonds is 8. The van der Waals surface area contributed by atoms with Crippen LogP contribution < -0.4 is 10.6 Å². The number of hydrogen-bond acceptors (Lipinski definition) is 3. The zero-order chi connectivity index (χ0) is 13.2. The van der Waals surface area contributed by atoms with Gasteiger partial charge in [-0.2, -0.15) is 0 Å². The van der Waals surface area contributed by atoms with Crippen LogP contribution >= 0.6 is 0 Å². The third-order valence-electron chi connectivity index (χ3n) is 3.67. The minimum absolute atomic E-state index is 0.150. The van der Waals surface area contributed by atoms with Crippen LogP contribution in [0.3, 0.4) is 0 Å². The van der Waals surface area contributed by atoms with Crippen LogP contribution in [0.4, 0.5) is 0 Å². The van der Waals surface area contributed by atoms with Gasteiger partial charge in [-0.05, 0) is 38.6 Å². The van der Waals surface area contributed by atoms with Crippen LogP contribution in [0.1, 0.15) is 46.0 Å². The van der Waals surface area contributed by atoms with E-state index < -0.39 is 0 Å². The largest absolute Gasteiger partial charge is 0.382 e. The normalized spacial score (nSPS) is 23.9. The van der Waals surface area contributed by atoms with E-state index in [4.69, 9.17) is 4.74 Å². The Morgan fingerprint density at radius 1 is 1.44 bits per heavy atom. The van der Waals surface area contributed by atoms with Crippen LogP contribution in [-0.4, -0.2) is 38.3 Å². The third kappa shape index (κ3) is 5.83. The first-order valence-electron chi connectivity index (χ1n) is 7.35. The molecule has 1 aliphatic rings. The summed E-state index contributed by atoms with van der Waals surface area (Å²) in [7, 11) is 0. The van der Waals surface area contributed by atoms with Gasteiger partial charge in [-0.1, -0.05) is 13.3 Å². The lowest BCUT2D eigenvalue weighted by Gasteiger charge is -2.32. The fraction of sp³-hybridized carbons (Fsp3) is 0.929. The lowest BCUT2D eigenvalue weighted by molar-refractivity contribution is -0.121. The van der Waals surface area contributed by atoms with Crippen molar-refractivity contribution in [1.82, 2.24) is 10.6 Å². The van der Waals surface area contributed by atoms with Gasteiger partial charge < -0.3 is 15.4 Å². The van der Waals surface area contributed by atoms with Gasteiger partial charge in [-0.25, -0.2) is 0 Å². The minimum Gasteiger partial charge on any atom is -0.382 e. The summed E-state index contributed by atoms with van der Waals surface area (Å²) < 4.78 is 5.22. The summed E-state index contributed by atoms with van der Waals surface area (Å²) in [4.78, 5) is 11.6. The van der Waals surface area contributed by atoms with E-state index in [0.717, 1.165) is 26.1 Å². The van der Waals surface area contributed by atoms with Crippen molar-refractivity contribution in [2.24, 2.45) is 5.92 Å². The molecule has 0 radical (unpaired) electrons. The number of hydrogen-bond donors (Lipinski definition) is 2. The van der Waals surface area contributed by atoms with Crippen molar-refractivity contribution < 1.29 is 9.53 Å². The quantitative estimate of drug-likeness (QED) is 0.650. The Morgan fingerprint density at radius 3 is 3.00 bits per heavy atom. The van der Waals surface area contributed by atoms with Gasteiger partial charge >= 0.3 is 0 Å². The number of carbonyl (C=O) groups is 1. The first-order valence-corrected chi connectivity index (χ1v) is 7.35. The van der Waals surface area contributed by atoms with Gasteiger partial charge in [-0.15, -0.1) is 0 Å². The van der Waals surface area contributed by atoms with Gasteiger partial charge in [0.1, 0.15) is 0 Å². The van der Waals surface area contributed by atoms with Crippen molar-refractivity contribution >= 4 is 5.91 Å². The molecule has 0 aliphatic carbocycles. The van der Waals surface area contributed by atoms with Crippen molar-refractivity contribution in [3.8, 4) is 0 Å². The Labute approximate surface area is 111 Å². The summed E-state index contributed by atoms with van der Waals surface area (Å²) in [6, 6.07) is 0.458. The number of amides is 1. The Hall–Kier alpha value is -0.610. The SMILES string of the molecule is CCOCCCC(=O)NCC1NCCCC1CC. The molecule has 0 aromatic heterocycles. The highest BCUT2D eigenvalue weighted by molar-refractivity contribution is 5.75. The number of carbonyl (C=O) groups excluding carboxylic acids is 1. The van der Waals surface area contributed by atoms with E-state index in [1.54, 1.807) is 0 Å². The van der Waals surface area contributed by atoms with Crippen molar-refractivity contribution in [1.29, 1.82) is 0 Å². The molecule has 1 rings (SSSR count). The summed E-state index contributed by atoms with van der Waals surface area (Å²) in [6.45, 7) is 7.47.